The van der Waals surface area contributed by atoms with Crippen LogP contribution in [-0.4, -0.2) is 70.7 Å². The van der Waals surface area contributed by atoms with Crippen molar-refractivity contribution in [3.05, 3.63) is 90.8 Å². The molecule has 11 nitrogen and oxygen atoms in total. The molecule has 0 atom stereocenters. The van der Waals surface area contributed by atoms with E-state index in [2.05, 4.69) is 49.8 Å². The summed E-state index contributed by atoms with van der Waals surface area (Å²) >= 11 is 0. The molecule has 0 amide bonds. The molecular formula is C31H31N9O2S. The largest absolute Gasteiger partial charge is 0.369 e. The van der Waals surface area contributed by atoms with Crippen LogP contribution in [0.4, 0.5) is 28.8 Å². The third-order valence-electron chi connectivity index (χ3n) is 7.79. The van der Waals surface area contributed by atoms with Crippen molar-refractivity contribution in [1.82, 2.24) is 29.0 Å². The van der Waals surface area contributed by atoms with E-state index in [0.29, 0.717) is 11.2 Å². The number of benzene rings is 3. The lowest BCUT2D eigenvalue weighted by Crippen LogP contribution is -2.44. The molecule has 0 radical (unpaired) electrons. The molecule has 1 aliphatic heterocycles. The standard InChI is InChI=1S/C31H31N9O2S/c1-21-3-11-26(12-4-21)43(41,42)40-14-13-27-29(33-24-6-5-22-20-32-37-28(22)19-24)35-31(36-30(27)40)34-23-7-9-25(10-8-23)39-17-15-38(2)16-18-39/h3-14,19-20H,15-18H2,1-2H3,(H,32,37)(H2,33,34,35,36). The maximum atomic E-state index is 13.7. The number of H-pyrrole nitrogens is 1. The Labute approximate surface area is 249 Å². The van der Waals surface area contributed by atoms with Gasteiger partial charge in [-0.1, -0.05) is 17.7 Å². The first-order chi connectivity index (χ1) is 20.8. The Morgan fingerprint density at radius 3 is 2.35 bits per heavy atom. The molecule has 6 aromatic rings. The fourth-order valence-corrected chi connectivity index (χ4v) is 6.56. The Kier molecular flexibility index (Phi) is 6.71. The fourth-order valence-electron chi connectivity index (χ4n) is 5.26. The molecule has 12 heteroatoms. The predicted octanol–water partition coefficient (Wildman–Crippen LogP) is 5.09. The van der Waals surface area contributed by atoms with Crippen molar-refractivity contribution in [3.63, 3.8) is 0 Å². The van der Waals surface area contributed by atoms with Gasteiger partial charge in [0.1, 0.15) is 5.82 Å². The van der Waals surface area contributed by atoms with Crippen molar-refractivity contribution < 1.29 is 8.42 Å². The highest BCUT2D eigenvalue weighted by Gasteiger charge is 2.23. The number of aromatic amines is 1. The number of nitrogens with zero attached hydrogens (tertiary/aromatic N) is 6. The van der Waals surface area contributed by atoms with Crippen LogP contribution in [0.3, 0.4) is 0 Å². The first-order valence-corrected chi connectivity index (χ1v) is 15.5. The summed E-state index contributed by atoms with van der Waals surface area (Å²) in [7, 11) is -1.77. The smallest absolute Gasteiger partial charge is 0.269 e. The number of aryl methyl sites for hydroxylation is 1. The van der Waals surface area contributed by atoms with Gasteiger partial charge in [0.05, 0.1) is 22.0 Å². The lowest BCUT2D eigenvalue weighted by molar-refractivity contribution is 0.313. The van der Waals surface area contributed by atoms with E-state index in [1.807, 2.05) is 37.3 Å². The van der Waals surface area contributed by atoms with E-state index in [9.17, 15) is 8.42 Å². The zero-order chi connectivity index (χ0) is 29.6. The summed E-state index contributed by atoms with van der Waals surface area (Å²) in [5.74, 6) is 0.738. The second kappa shape index (κ2) is 10.7. The Bertz CT molecular complexity index is 2030. The minimum Gasteiger partial charge on any atom is -0.369 e. The van der Waals surface area contributed by atoms with Crippen LogP contribution >= 0.6 is 0 Å². The SMILES string of the molecule is Cc1ccc(S(=O)(=O)n2ccc3c(Nc4ccc5cn[nH]c5c4)nc(Nc4ccc(N5CCN(C)CC5)cc4)nc32)cc1. The minimum atomic E-state index is -3.91. The molecule has 1 fully saturated rings. The van der Waals surface area contributed by atoms with Gasteiger partial charge in [0.2, 0.25) is 5.95 Å². The Morgan fingerprint density at radius 1 is 0.837 bits per heavy atom. The second-order valence-corrected chi connectivity index (χ2v) is 12.6. The summed E-state index contributed by atoms with van der Waals surface area (Å²) in [6, 6.07) is 22.4. The van der Waals surface area contributed by atoms with Gasteiger partial charge >= 0.3 is 0 Å². The highest BCUT2D eigenvalue weighted by molar-refractivity contribution is 7.90. The molecule has 3 aromatic heterocycles. The van der Waals surface area contributed by atoms with Crippen LogP contribution in [-0.2, 0) is 10.0 Å². The molecule has 1 saturated heterocycles. The molecular weight excluding hydrogens is 562 g/mol. The van der Waals surface area contributed by atoms with Gasteiger partial charge in [0.25, 0.3) is 10.0 Å². The van der Waals surface area contributed by atoms with Crippen molar-refractivity contribution in [2.75, 3.05) is 48.8 Å². The minimum absolute atomic E-state index is 0.183. The number of likely N-dealkylation sites (N-methyl/N-ethyl adjacent to an activating group) is 1. The number of rotatable bonds is 7. The van der Waals surface area contributed by atoms with Crippen LogP contribution in [0.25, 0.3) is 21.9 Å². The number of anilines is 5. The summed E-state index contributed by atoms with van der Waals surface area (Å²) in [6.07, 6.45) is 3.28. The molecule has 4 heterocycles. The summed E-state index contributed by atoms with van der Waals surface area (Å²) < 4.78 is 28.7. The van der Waals surface area contributed by atoms with Crippen LogP contribution in [0.5, 0.6) is 0 Å². The molecule has 7 rings (SSSR count). The molecule has 43 heavy (non-hydrogen) atoms. The maximum absolute atomic E-state index is 13.7. The number of piperazine rings is 1. The molecule has 0 bridgehead atoms. The molecule has 0 saturated carbocycles. The number of hydrogen-bond acceptors (Lipinski definition) is 9. The van der Waals surface area contributed by atoms with Gasteiger partial charge < -0.3 is 20.4 Å². The van der Waals surface area contributed by atoms with Gasteiger partial charge in [-0.15, -0.1) is 0 Å². The van der Waals surface area contributed by atoms with E-state index in [4.69, 9.17) is 9.97 Å². The van der Waals surface area contributed by atoms with E-state index >= 15 is 0 Å². The summed E-state index contributed by atoms with van der Waals surface area (Å²) in [4.78, 5) is 14.3. The van der Waals surface area contributed by atoms with Crippen LogP contribution in [0.2, 0.25) is 0 Å². The molecule has 0 spiro atoms. The van der Waals surface area contributed by atoms with Gasteiger partial charge in [-0.25, -0.2) is 12.4 Å². The summed E-state index contributed by atoms with van der Waals surface area (Å²) in [6.45, 7) is 5.94. The first-order valence-electron chi connectivity index (χ1n) is 14.1. The molecule has 218 valence electrons. The van der Waals surface area contributed by atoms with E-state index < -0.39 is 10.0 Å². The number of aromatic nitrogens is 5. The van der Waals surface area contributed by atoms with Gasteiger partial charge in [-0.05, 0) is 74.6 Å². The van der Waals surface area contributed by atoms with Crippen molar-refractivity contribution in [2.45, 2.75) is 11.8 Å². The number of hydrogen-bond donors (Lipinski definition) is 3. The Balaban J connectivity index is 1.27. The lowest BCUT2D eigenvalue weighted by Gasteiger charge is -2.34. The zero-order valence-electron chi connectivity index (χ0n) is 23.8. The third-order valence-corrected chi connectivity index (χ3v) is 9.47. The van der Waals surface area contributed by atoms with Gasteiger partial charge in [0.15, 0.2) is 5.65 Å². The van der Waals surface area contributed by atoms with Gasteiger partial charge in [-0.2, -0.15) is 15.1 Å². The van der Waals surface area contributed by atoms with Crippen LogP contribution in [0.1, 0.15) is 5.56 Å². The van der Waals surface area contributed by atoms with Crippen molar-refractivity contribution >= 4 is 60.8 Å². The topological polar surface area (TPSA) is 124 Å². The van der Waals surface area contributed by atoms with Crippen molar-refractivity contribution in [1.29, 1.82) is 0 Å². The number of fused-ring (bicyclic) bond motifs is 2. The van der Waals surface area contributed by atoms with Crippen molar-refractivity contribution in [3.8, 4) is 0 Å². The molecule has 3 aromatic carbocycles. The maximum Gasteiger partial charge on any atom is 0.269 e. The normalized spacial score (nSPS) is 14.4. The zero-order valence-corrected chi connectivity index (χ0v) is 24.6. The average Bonchev–Trinajstić information content (AvgIpc) is 3.66. The van der Waals surface area contributed by atoms with Crippen LogP contribution in [0, 0.1) is 6.92 Å². The van der Waals surface area contributed by atoms with E-state index in [-0.39, 0.29) is 16.5 Å². The van der Waals surface area contributed by atoms with E-state index in [1.165, 1.54) is 10.2 Å². The molecule has 3 N–H and O–H groups in total. The Hall–Kier alpha value is -4.94. The third kappa shape index (κ3) is 5.26. The van der Waals surface area contributed by atoms with Gasteiger partial charge in [0, 0.05) is 54.8 Å². The van der Waals surface area contributed by atoms with Crippen molar-refractivity contribution in [2.24, 2.45) is 0 Å². The summed E-state index contributed by atoms with van der Waals surface area (Å²) in [5.41, 5.74) is 4.83. The van der Waals surface area contributed by atoms with E-state index in [0.717, 1.165) is 59.7 Å². The van der Waals surface area contributed by atoms with Crippen LogP contribution < -0.4 is 15.5 Å². The number of nitrogens with one attached hydrogen (secondary N) is 3. The highest BCUT2D eigenvalue weighted by Crippen LogP contribution is 2.31. The van der Waals surface area contributed by atoms with Gasteiger partial charge in [-0.3, -0.25) is 5.10 Å². The Morgan fingerprint density at radius 2 is 1.58 bits per heavy atom. The quantitative estimate of drug-likeness (QED) is 0.232. The second-order valence-electron chi connectivity index (χ2n) is 10.8. The molecule has 0 unspecified atom stereocenters. The molecule has 1 aliphatic rings. The molecule has 0 aliphatic carbocycles. The monoisotopic (exact) mass is 593 g/mol. The average molecular weight is 594 g/mol. The first kappa shape index (κ1) is 26.9. The fraction of sp³-hybridized carbons (Fsp3) is 0.194. The summed E-state index contributed by atoms with van der Waals surface area (Å²) in [5, 5.41) is 15.3. The lowest BCUT2D eigenvalue weighted by atomic mass is 10.2. The predicted molar refractivity (Wildman–Crippen MR) is 170 cm³/mol. The van der Waals surface area contributed by atoms with E-state index in [1.54, 1.807) is 36.5 Å². The van der Waals surface area contributed by atoms with Crippen LogP contribution in [0.15, 0.2) is 90.1 Å². The highest BCUT2D eigenvalue weighted by atomic mass is 32.2.